The van der Waals surface area contributed by atoms with Gasteiger partial charge in [0.05, 0.1) is 19.3 Å². The van der Waals surface area contributed by atoms with Gasteiger partial charge in [-0.15, -0.1) is 0 Å². The first-order valence-electron chi connectivity index (χ1n) is 8.85. The highest BCUT2D eigenvalue weighted by atomic mass is 16.5. The standard InChI is InChI=1S/C18H27N3O4/c1-18(2,3)17(24)21-6-4-5-13(12-21)15(22)14(11-19)16(23)20-7-9-25-10-8-20/h13-14H,4-10,12H2,1-3H3. The molecule has 2 saturated heterocycles. The summed E-state index contributed by atoms with van der Waals surface area (Å²) >= 11 is 0. The topological polar surface area (TPSA) is 90.7 Å². The Bertz CT molecular complexity index is 570. The lowest BCUT2D eigenvalue weighted by Gasteiger charge is -2.36. The van der Waals surface area contributed by atoms with Crippen LogP contribution in [0.2, 0.25) is 0 Å². The van der Waals surface area contributed by atoms with Crippen LogP contribution in [-0.2, 0) is 19.1 Å². The Balaban J connectivity index is 2.05. The minimum Gasteiger partial charge on any atom is -0.378 e. The average Bonchev–Trinajstić information content (AvgIpc) is 2.61. The van der Waals surface area contributed by atoms with Crippen LogP contribution in [0.5, 0.6) is 0 Å². The Morgan fingerprint density at radius 3 is 2.32 bits per heavy atom. The number of ketones is 1. The van der Waals surface area contributed by atoms with E-state index in [-0.39, 0.29) is 11.7 Å². The van der Waals surface area contributed by atoms with Crippen molar-refractivity contribution >= 4 is 17.6 Å². The third kappa shape index (κ3) is 4.57. The molecule has 2 amide bonds. The van der Waals surface area contributed by atoms with E-state index in [1.54, 1.807) is 4.90 Å². The third-order valence-corrected chi connectivity index (χ3v) is 4.74. The number of rotatable bonds is 3. The lowest BCUT2D eigenvalue weighted by molar-refractivity contribution is -0.146. The summed E-state index contributed by atoms with van der Waals surface area (Å²) in [7, 11) is 0. The zero-order chi connectivity index (χ0) is 18.6. The summed E-state index contributed by atoms with van der Waals surface area (Å²) in [5.41, 5.74) is -0.511. The molecule has 2 unspecified atom stereocenters. The van der Waals surface area contributed by atoms with Gasteiger partial charge in [0.2, 0.25) is 11.8 Å². The minimum atomic E-state index is -1.28. The maximum atomic E-state index is 12.8. The maximum absolute atomic E-state index is 12.8. The second-order valence-corrected chi connectivity index (χ2v) is 7.74. The number of nitrogens with zero attached hydrogens (tertiary/aromatic N) is 3. The predicted octanol–water partition coefficient (Wildman–Crippen LogP) is 0.839. The summed E-state index contributed by atoms with van der Waals surface area (Å²) in [4.78, 5) is 41.0. The third-order valence-electron chi connectivity index (χ3n) is 4.74. The van der Waals surface area contributed by atoms with Crippen molar-refractivity contribution in [3.63, 3.8) is 0 Å². The number of hydrogen-bond acceptors (Lipinski definition) is 5. The molecule has 0 bridgehead atoms. The summed E-state index contributed by atoms with van der Waals surface area (Å²) in [5.74, 6) is -2.53. The highest BCUT2D eigenvalue weighted by molar-refractivity contribution is 6.05. The molecule has 2 heterocycles. The normalized spacial score (nSPS) is 22.9. The Morgan fingerprint density at radius 1 is 1.12 bits per heavy atom. The van der Waals surface area contributed by atoms with Gasteiger partial charge < -0.3 is 14.5 Å². The molecule has 0 saturated carbocycles. The van der Waals surface area contributed by atoms with E-state index >= 15 is 0 Å². The second kappa shape index (κ2) is 7.96. The molecule has 0 aromatic rings. The van der Waals surface area contributed by atoms with Crippen molar-refractivity contribution in [1.29, 1.82) is 5.26 Å². The molecule has 7 nitrogen and oxygen atoms in total. The number of piperidine rings is 1. The van der Waals surface area contributed by atoms with Gasteiger partial charge in [0.25, 0.3) is 0 Å². The Labute approximate surface area is 148 Å². The van der Waals surface area contributed by atoms with Crippen molar-refractivity contribution in [2.24, 2.45) is 17.3 Å². The monoisotopic (exact) mass is 349 g/mol. The van der Waals surface area contributed by atoms with Gasteiger partial charge in [-0.3, -0.25) is 14.4 Å². The van der Waals surface area contributed by atoms with E-state index in [0.29, 0.717) is 52.2 Å². The van der Waals surface area contributed by atoms with Crippen molar-refractivity contribution in [3.8, 4) is 6.07 Å². The van der Waals surface area contributed by atoms with Crippen LogP contribution in [0.1, 0.15) is 33.6 Å². The lowest BCUT2D eigenvalue weighted by Crippen LogP contribution is -2.50. The van der Waals surface area contributed by atoms with Crippen LogP contribution < -0.4 is 0 Å². The van der Waals surface area contributed by atoms with E-state index in [2.05, 4.69) is 0 Å². The second-order valence-electron chi connectivity index (χ2n) is 7.74. The van der Waals surface area contributed by atoms with Crippen molar-refractivity contribution in [2.45, 2.75) is 33.6 Å². The van der Waals surface area contributed by atoms with E-state index in [4.69, 9.17) is 4.74 Å². The van der Waals surface area contributed by atoms with E-state index < -0.39 is 23.2 Å². The van der Waals surface area contributed by atoms with Crippen molar-refractivity contribution in [2.75, 3.05) is 39.4 Å². The molecule has 0 aromatic carbocycles. The molecule has 0 radical (unpaired) electrons. The van der Waals surface area contributed by atoms with Gasteiger partial charge in [0, 0.05) is 37.5 Å². The number of Topliss-reactive ketones (excluding diaryl/α,β-unsaturated/α-hetero) is 1. The molecule has 2 aliphatic rings. The van der Waals surface area contributed by atoms with Crippen LogP contribution in [-0.4, -0.2) is 66.8 Å². The van der Waals surface area contributed by atoms with Gasteiger partial charge in [-0.25, -0.2) is 0 Å². The number of carbonyl (C=O) groups is 3. The molecule has 0 spiro atoms. The summed E-state index contributed by atoms with van der Waals surface area (Å²) in [6, 6.07) is 1.89. The van der Waals surface area contributed by atoms with Gasteiger partial charge in [0.15, 0.2) is 11.7 Å². The van der Waals surface area contributed by atoms with Gasteiger partial charge in [-0.1, -0.05) is 20.8 Å². The van der Waals surface area contributed by atoms with Crippen LogP contribution >= 0.6 is 0 Å². The number of hydrogen-bond donors (Lipinski definition) is 0. The van der Waals surface area contributed by atoms with Crippen molar-refractivity contribution in [3.05, 3.63) is 0 Å². The lowest BCUT2D eigenvalue weighted by atomic mass is 9.85. The average molecular weight is 349 g/mol. The van der Waals surface area contributed by atoms with Gasteiger partial charge in [0.1, 0.15) is 0 Å². The maximum Gasteiger partial charge on any atom is 0.247 e. The van der Waals surface area contributed by atoms with Crippen LogP contribution in [0.25, 0.3) is 0 Å². The molecular weight excluding hydrogens is 322 g/mol. The number of ether oxygens (including phenoxy) is 1. The predicted molar refractivity (Wildman–Crippen MR) is 90.3 cm³/mol. The number of nitriles is 1. The fourth-order valence-electron chi connectivity index (χ4n) is 3.31. The zero-order valence-electron chi connectivity index (χ0n) is 15.3. The quantitative estimate of drug-likeness (QED) is 0.704. The number of amides is 2. The van der Waals surface area contributed by atoms with Crippen LogP contribution in [0.4, 0.5) is 0 Å². The Hall–Kier alpha value is -1.94. The van der Waals surface area contributed by atoms with E-state index in [1.807, 2.05) is 26.8 Å². The zero-order valence-corrected chi connectivity index (χ0v) is 15.3. The molecule has 2 aliphatic heterocycles. The fourth-order valence-corrected chi connectivity index (χ4v) is 3.31. The molecule has 0 N–H and O–H groups in total. The van der Waals surface area contributed by atoms with E-state index in [9.17, 15) is 19.6 Å². The highest BCUT2D eigenvalue weighted by Gasteiger charge is 2.39. The van der Waals surface area contributed by atoms with Crippen molar-refractivity contribution < 1.29 is 19.1 Å². The van der Waals surface area contributed by atoms with Crippen molar-refractivity contribution in [1.82, 2.24) is 9.80 Å². The molecule has 2 atom stereocenters. The summed E-state index contributed by atoms with van der Waals surface area (Å²) in [6.07, 6.45) is 1.32. The highest BCUT2D eigenvalue weighted by Crippen LogP contribution is 2.26. The molecule has 0 aliphatic carbocycles. The first-order valence-corrected chi connectivity index (χ1v) is 8.85. The van der Waals surface area contributed by atoms with Gasteiger partial charge >= 0.3 is 0 Å². The fraction of sp³-hybridized carbons (Fsp3) is 0.778. The number of morpholine rings is 1. The first kappa shape index (κ1) is 19.4. The van der Waals surface area contributed by atoms with E-state index in [0.717, 1.165) is 0 Å². The molecule has 7 heteroatoms. The minimum absolute atomic E-state index is 0.00184. The van der Waals surface area contributed by atoms with Crippen LogP contribution in [0.3, 0.4) is 0 Å². The van der Waals surface area contributed by atoms with Crippen LogP contribution in [0, 0.1) is 28.6 Å². The van der Waals surface area contributed by atoms with E-state index in [1.165, 1.54) is 4.90 Å². The Morgan fingerprint density at radius 2 is 1.76 bits per heavy atom. The summed E-state index contributed by atoms with van der Waals surface area (Å²) in [5, 5.41) is 9.40. The summed E-state index contributed by atoms with van der Waals surface area (Å²) in [6.45, 7) is 8.12. The Kier molecular flexibility index (Phi) is 6.17. The summed E-state index contributed by atoms with van der Waals surface area (Å²) < 4.78 is 5.21. The van der Waals surface area contributed by atoms with Crippen LogP contribution in [0.15, 0.2) is 0 Å². The molecule has 138 valence electrons. The number of likely N-dealkylation sites (tertiary alicyclic amines) is 1. The molecule has 2 rings (SSSR count). The molecular formula is C18H27N3O4. The molecule has 0 aromatic heterocycles. The SMILES string of the molecule is CC(C)(C)C(=O)N1CCCC(C(=O)C(C#N)C(=O)N2CCOCC2)C1. The molecule has 2 fully saturated rings. The van der Waals surface area contributed by atoms with Gasteiger partial charge in [-0.2, -0.15) is 5.26 Å². The smallest absolute Gasteiger partial charge is 0.247 e. The van der Waals surface area contributed by atoms with Gasteiger partial charge in [-0.05, 0) is 12.8 Å². The first-order chi connectivity index (χ1) is 11.8. The largest absolute Gasteiger partial charge is 0.378 e. The molecule has 25 heavy (non-hydrogen) atoms. The number of carbonyl (C=O) groups excluding carboxylic acids is 3.